The second-order valence-electron chi connectivity index (χ2n) is 2.87. The van der Waals surface area contributed by atoms with Crippen LogP contribution in [0.25, 0.3) is 0 Å². The van der Waals surface area contributed by atoms with E-state index in [0.717, 1.165) is 17.3 Å². The lowest BCUT2D eigenvalue weighted by molar-refractivity contribution is 0.102. The third kappa shape index (κ3) is 4.07. The van der Waals surface area contributed by atoms with Crippen molar-refractivity contribution in [3.8, 4) is 11.8 Å². The van der Waals surface area contributed by atoms with Crippen LogP contribution in [0.4, 0.5) is 0 Å². The van der Waals surface area contributed by atoms with E-state index in [1.165, 1.54) is 0 Å². The summed E-state index contributed by atoms with van der Waals surface area (Å²) in [6, 6.07) is 7.17. The molecule has 0 atom stereocenters. The van der Waals surface area contributed by atoms with Crippen molar-refractivity contribution in [2.75, 3.05) is 11.2 Å². The lowest BCUT2D eigenvalue weighted by Crippen LogP contribution is -1.99. The highest BCUT2D eigenvalue weighted by Crippen LogP contribution is 2.05. The molecular formula is C12H10BrClO. The molecule has 0 saturated carbocycles. The van der Waals surface area contributed by atoms with Crippen LogP contribution in [-0.2, 0) is 0 Å². The molecule has 1 nitrogen and oxygen atoms in total. The third-order valence-electron chi connectivity index (χ3n) is 1.78. The van der Waals surface area contributed by atoms with Gasteiger partial charge in [-0.1, -0.05) is 39.9 Å². The number of carbonyl (C=O) groups is 1. The number of halogens is 2. The van der Waals surface area contributed by atoms with E-state index >= 15 is 0 Å². The molecule has 0 aliphatic rings. The molecule has 1 aromatic rings. The largest absolute Gasteiger partial charge is 0.293 e. The number of hydrogen-bond donors (Lipinski definition) is 0. The van der Waals surface area contributed by atoms with Gasteiger partial charge >= 0.3 is 0 Å². The van der Waals surface area contributed by atoms with Crippen LogP contribution in [0, 0.1) is 11.8 Å². The molecule has 1 rings (SSSR count). The van der Waals surface area contributed by atoms with Crippen molar-refractivity contribution in [3.63, 3.8) is 0 Å². The van der Waals surface area contributed by atoms with Crippen molar-refractivity contribution in [3.05, 3.63) is 35.4 Å². The van der Waals surface area contributed by atoms with Gasteiger partial charge in [-0.3, -0.25) is 4.79 Å². The maximum atomic E-state index is 11.2. The molecule has 0 spiro atoms. The van der Waals surface area contributed by atoms with Gasteiger partial charge in [-0.25, -0.2) is 0 Å². The van der Waals surface area contributed by atoms with E-state index in [4.69, 9.17) is 11.6 Å². The Kier molecular flexibility index (Phi) is 5.45. The zero-order chi connectivity index (χ0) is 11.1. The van der Waals surface area contributed by atoms with Crippen molar-refractivity contribution in [1.82, 2.24) is 0 Å². The van der Waals surface area contributed by atoms with Gasteiger partial charge in [0.2, 0.25) is 0 Å². The second kappa shape index (κ2) is 6.66. The van der Waals surface area contributed by atoms with E-state index in [1.54, 1.807) is 12.1 Å². The number of hydrogen-bond acceptors (Lipinski definition) is 1. The lowest BCUT2D eigenvalue weighted by Gasteiger charge is -1.96. The van der Waals surface area contributed by atoms with Gasteiger partial charge in [0.15, 0.2) is 5.78 Å². The molecule has 0 bridgehead atoms. The Morgan fingerprint density at radius 2 is 2.00 bits per heavy atom. The first-order valence-corrected chi connectivity index (χ1v) is 6.17. The minimum absolute atomic E-state index is 0.0224. The summed E-state index contributed by atoms with van der Waals surface area (Å²) in [7, 11) is 0. The summed E-state index contributed by atoms with van der Waals surface area (Å²) < 4.78 is 0. The van der Waals surface area contributed by atoms with Crippen LogP contribution in [-0.4, -0.2) is 17.0 Å². The molecule has 78 valence electrons. The van der Waals surface area contributed by atoms with Crippen LogP contribution >= 0.6 is 27.5 Å². The smallest absolute Gasteiger partial charge is 0.177 e. The van der Waals surface area contributed by atoms with E-state index in [9.17, 15) is 4.79 Å². The summed E-state index contributed by atoms with van der Waals surface area (Å²) >= 11 is 8.75. The van der Waals surface area contributed by atoms with Gasteiger partial charge in [0.25, 0.3) is 0 Å². The standard InChI is InChI=1S/C12H10BrClO/c13-8-2-1-3-10-4-6-11(7-5-10)12(15)9-14/h4-7H,2,8-9H2. The van der Waals surface area contributed by atoms with E-state index in [0.29, 0.717) is 5.56 Å². The van der Waals surface area contributed by atoms with Gasteiger partial charge in [-0.15, -0.1) is 11.6 Å². The first-order chi connectivity index (χ1) is 7.27. The van der Waals surface area contributed by atoms with Crippen molar-refractivity contribution < 1.29 is 4.79 Å². The molecule has 0 radical (unpaired) electrons. The normalized spacial score (nSPS) is 9.20. The Hall–Kier alpha value is -0.780. The maximum Gasteiger partial charge on any atom is 0.177 e. The zero-order valence-corrected chi connectivity index (χ0v) is 10.4. The fourth-order valence-electron chi connectivity index (χ4n) is 1.03. The number of ketones is 1. The fourth-order valence-corrected chi connectivity index (χ4v) is 1.38. The Balaban J connectivity index is 2.73. The molecule has 0 amide bonds. The van der Waals surface area contributed by atoms with Crippen LogP contribution in [0.5, 0.6) is 0 Å². The number of alkyl halides is 2. The number of benzene rings is 1. The highest BCUT2D eigenvalue weighted by Gasteiger charge is 2.02. The molecule has 0 unspecified atom stereocenters. The molecule has 15 heavy (non-hydrogen) atoms. The molecule has 0 aliphatic carbocycles. The van der Waals surface area contributed by atoms with Crippen LogP contribution in [0.3, 0.4) is 0 Å². The Morgan fingerprint density at radius 1 is 1.33 bits per heavy atom. The van der Waals surface area contributed by atoms with Crippen LogP contribution < -0.4 is 0 Å². The zero-order valence-electron chi connectivity index (χ0n) is 8.09. The van der Waals surface area contributed by atoms with Crippen molar-refractivity contribution in [1.29, 1.82) is 0 Å². The number of carbonyl (C=O) groups excluding carboxylic acids is 1. The summed E-state index contributed by atoms with van der Waals surface area (Å²) in [4.78, 5) is 11.2. The second-order valence-corrected chi connectivity index (χ2v) is 3.94. The Labute approximate surface area is 103 Å². The number of Topliss-reactive ketones (excluding diaryl/α,β-unsaturated/α-hetero) is 1. The van der Waals surface area contributed by atoms with Gasteiger partial charge in [0.05, 0.1) is 5.88 Å². The summed E-state index contributed by atoms with van der Waals surface area (Å²) in [6.45, 7) is 0. The van der Waals surface area contributed by atoms with Gasteiger partial charge in [-0.2, -0.15) is 0 Å². The highest BCUT2D eigenvalue weighted by molar-refractivity contribution is 9.09. The van der Waals surface area contributed by atoms with Crippen molar-refractivity contribution >= 4 is 33.3 Å². The highest BCUT2D eigenvalue weighted by atomic mass is 79.9. The van der Waals surface area contributed by atoms with Gasteiger partial charge in [-0.05, 0) is 12.1 Å². The fraction of sp³-hybridized carbons (Fsp3) is 0.250. The average Bonchev–Trinajstić information content (AvgIpc) is 2.29. The third-order valence-corrected chi connectivity index (χ3v) is 2.42. The summed E-state index contributed by atoms with van der Waals surface area (Å²) in [6.07, 6.45) is 0.822. The van der Waals surface area contributed by atoms with Crippen LogP contribution in [0.1, 0.15) is 22.3 Å². The molecule has 0 N–H and O–H groups in total. The minimum Gasteiger partial charge on any atom is -0.293 e. The molecule has 0 aromatic heterocycles. The van der Waals surface area contributed by atoms with E-state index < -0.39 is 0 Å². The molecule has 0 aliphatic heterocycles. The molecular weight excluding hydrogens is 275 g/mol. The predicted molar refractivity (Wildman–Crippen MR) is 66.8 cm³/mol. The van der Waals surface area contributed by atoms with Crippen molar-refractivity contribution in [2.24, 2.45) is 0 Å². The summed E-state index contributed by atoms with van der Waals surface area (Å²) in [5.41, 5.74) is 1.55. The van der Waals surface area contributed by atoms with Crippen molar-refractivity contribution in [2.45, 2.75) is 6.42 Å². The lowest BCUT2D eigenvalue weighted by atomic mass is 10.1. The topological polar surface area (TPSA) is 17.1 Å². The number of rotatable bonds is 3. The van der Waals surface area contributed by atoms with E-state index in [2.05, 4.69) is 27.8 Å². The summed E-state index contributed by atoms with van der Waals surface area (Å²) in [5, 5.41) is 0.878. The van der Waals surface area contributed by atoms with E-state index in [-0.39, 0.29) is 11.7 Å². The molecule has 1 aromatic carbocycles. The quantitative estimate of drug-likeness (QED) is 0.473. The minimum atomic E-state index is -0.0587. The first-order valence-electron chi connectivity index (χ1n) is 4.52. The Bertz CT molecular complexity index is 386. The predicted octanol–water partition coefficient (Wildman–Crippen LogP) is 3.24. The van der Waals surface area contributed by atoms with Gasteiger partial charge in [0.1, 0.15) is 0 Å². The van der Waals surface area contributed by atoms with Gasteiger partial charge < -0.3 is 0 Å². The monoisotopic (exact) mass is 284 g/mol. The first kappa shape index (κ1) is 12.3. The van der Waals surface area contributed by atoms with E-state index in [1.807, 2.05) is 12.1 Å². The maximum absolute atomic E-state index is 11.2. The summed E-state index contributed by atoms with van der Waals surface area (Å²) in [5.74, 6) is 5.98. The van der Waals surface area contributed by atoms with Crippen LogP contribution in [0.2, 0.25) is 0 Å². The van der Waals surface area contributed by atoms with Gasteiger partial charge in [0, 0.05) is 22.9 Å². The molecule has 0 heterocycles. The van der Waals surface area contributed by atoms with Crippen LogP contribution in [0.15, 0.2) is 24.3 Å². The SMILES string of the molecule is O=C(CCl)c1ccc(C#CCCBr)cc1. The average molecular weight is 286 g/mol. The molecule has 0 fully saturated rings. The Morgan fingerprint density at radius 3 is 2.53 bits per heavy atom. The molecule has 3 heteroatoms. The molecule has 0 saturated heterocycles.